The molecule has 94 valence electrons. The van der Waals surface area contributed by atoms with Crippen LogP contribution in [0.25, 0.3) is 0 Å². The minimum Gasteiger partial charge on any atom is -0.311 e. The molecule has 0 bridgehead atoms. The second kappa shape index (κ2) is 6.39. The molecule has 0 aliphatic carbocycles. The van der Waals surface area contributed by atoms with Crippen molar-refractivity contribution in [3.63, 3.8) is 0 Å². The van der Waals surface area contributed by atoms with E-state index in [0.717, 1.165) is 18.1 Å². The third-order valence-electron chi connectivity index (χ3n) is 3.56. The molecule has 0 spiro atoms. The Kier molecular flexibility index (Phi) is 4.84. The first-order chi connectivity index (χ1) is 8.31. The molecule has 0 amide bonds. The van der Waals surface area contributed by atoms with E-state index in [1.807, 2.05) is 18.2 Å². The van der Waals surface area contributed by atoms with E-state index in [4.69, 9.17) is 11.6 Å². The van der Waals surface area contributed by atoms with Gasteiger partial charge in [-0.25, -0.2) is 0 Å². The number of nitrogens with one attached hydrogen (secondary N) is 1. The highest BCUT2D eigenvalue weighted by Crippen LogP contribution is 2.17. The smallest absolute Gasteiger partial charge is 0.0450 e. The number of likely N-dealkylation sites (tertiary alicyclic amines) is 1. The van der Waals surface area contributed by atoms with Crippen molar-refractivity contribution in [3.8, 4) is 0 Å². The molecule has 1 saturated heterocycles. The summed E-state index contributed by atoms with van der Waals surface area (Å²) in [6, 6.07) is 8.76. The second-order valence-corrected chi connectivity index (χ2v) is 5.05. The third-order valence-corrected chi connectivity index (χ3v) is 3.93. The number of halogens is 1. The molecule has 1 unspecified atom stereocenters. The quantitative estimate of drug-likeness (QED) is 0.867. The maximum Gasteiger partial charge on any atom is 0.0450 e. The van der Waals surface area contributed by atoms with Crippen molar-refractivity contribution in [2.24, 2.45) is 0 Å². The van der Waals surface area contributed by atoms with E-state index in [2.05, 4.69) is 23.2 Å². The van der Waals surface area contributed by atoms with Crippen molar-refractivity contribution in [3.05, 3.63) is 34.9 Å². The molecule has 1 aromatic rings. The first-order valence-electron chi connectivity index (χ1n) is 6.49. The molecule has 1 fully saturated rings. The molecule has 17 heavy (non-hydrogen) atoms. The zero-order valence-corrected chi connectivity index (χ0v) is 11.2. The number of hydrogen-bond acceptors (Lipinski definition) is 2. The van der Waals surface area contributed by atoms with Crippen LogP contribution in [-0.4, -0.2) is 30.6 Å². The Labute approximate surface area is 109 Å². The average Bonchev–Trinajstić information content (AvgIpc) is 2.79. The van der Waals surface area contributed by atoms with Gasteiger partial charge in [-0.15, -0.1) is 0 Å². The topological polar surface area (TPSA) is 15.3 Å². The highest BCUT2D eigenvalue weighted by Gasteiger charge is 2.21. The van der Waals surface area contributed by atoms with Gasteiger partial charge in [-0.2, -0.15) is 0 Å². The van der Waals surface area contributed by atoms with Crippen molar-refractivity contribution in [1.29, 1.82) is 0 Å². The van der Waals surface area contributed by atoms with E-state index < -0.39 is 0 Å². The third kappa shape index (κ3) is 3.44. The lowest BCUT2D eigenvalue weighted by Crippen LogP contribution is -2.37. The van der Waals surface area contributed by atoms with Crippen LogP contribution in [0.5, 0.6) is 0 Å². The van der Waals surface area contributed by atoms with E-state index >= 15 is 0 Å². The van der Waals surface area contributed by atoms with Crippen LogP contribution in [-0.2, 0) is 6.54 Å². The summed E-state index contributed by atoms with van der Waals surface area (Å²) in [6.45, 7) is 6.60. The Bertz CT molecular complexity index is 354. The summed E-state index contributed by atoms with van der Waals surface area (Å²) in [4.78, 5) is 2.56. The predicted molar refractivity (Wildman–Crippen MR) is 73.4 cm³/mol. The van der Waals surface area contributed by atoms with Gasteiger partial charge < -0.3 is 5.32 Å². The monoisotopic (exact) mass is 252 g/mol. The maximum absolute atomic E-state index is 6.13. The normalized spacial score (nSPS) is 20.9. The fraction of sp³-hybridized carbons (Fsp3) is 0.571. The Hall–Kier alpha value is -0.570. The van der Waals surface area contributed by atoms with Gasteiger partial charge >= 0.3 is 0 Å². The van der Waals surface area contributed by atoms with Gasteiger partial charge in [0.2, 0.25) is 0 Å². The molecule has 3 heteroatoms. The molecule has 1 heterocycles. The summed E-state index contributed by atoms with van der Waals surface area (Å²) >= 11 is 6.13. The molecule has 1 aliphatic rings. The van der Waals surface area contributed by atoms with Gasteiger partial charge in [0, 0.05) is 24.2 Å². The van der Waals surface area contributed by atoms with Gasteiger partial charge in [-0.05, 0) is 37.6 Å². The Morgan fingerprint density at radius 3 is 3.00 bits per heavy atom. The first-order valence-corrected chi connectivity index (χ1v) is 6.87. The fourth-order valence-corrected chi connectivity index (χ4v) is 2.76. The zero-order chi connectivity index (χ0) is 12.1. The molecule has 1 atom stereocenters. The van der Waals surface area contributed by atoms with E-state index in [1.165, 1.54) is 31.5 Å². The largest absolute Gasteiger partial charge is 0.311 e. The van der Waals surface area contributed by atoms with Gasteiger partial charge in [-0.3, -0.25) is 4.90 Å². The predicted octanol–water partition coefficient (Wildman–Crippen LogP) is 2.91. The number of hydrogen-bond donors (Lipinski definition) is 1. The molecule has 1 N–H and O–H groups in total. The Morgan fingerprint density at radius 2 is 2.24 bits per heavy atom. The van der Waals surface area contributed by atoms with Crippen LogP contribution in [0.1, 0.15) is 25.3 Å². The van der Waals surface area contributed by atoms with Crippen LogP contribution in [0.2, 0.25) is 5.02 Å². The van der Waals surface area contributed by atoms with E-state index in [1.54, 1.807) is 0 Å². The van der Waals surface area contributed by atoms with E-state index in [-0.39, 0.29) is 0 Å². The lowest BCUT2D eigenvalue weighted by molar-refractivity contribution is 0.260. The molecule has 1 aliphatic heterocycles. The molecule has 2 nitrogen and oxygen atoms in total. The van der Waals surface area contributed by atoms with Crippen LogP contribution in [0.4, 0.5) is 0 Å². The zero-order valence-electron chi connectivity index (χ0n) is 10.5. The molecule has 0 saturated carbocycles. The van der Waals surface area contributed by atoms with Crippen molar-refractivity contribution < 1.29 is 0 Å². The maximum atomic E-state index is 6.13. The summed E-state index contributed by atoms with van der Waals surface area (Å²) in [5.74, 6) is 0. The SMILES string of the molecule is CCN1CCCC1CNCc1ccccc1Cl. The second-order valence-electron chi connectivity index (χ2n) is 4.65. The lowest BCUT2D eigenvalue weighted by Gasteiger charge is -2.23. The van der Waals surface area contributed by atoms with Gasteiger partial charge in [-0.1, -0.05) is 36.7 Å². The van der Waals surface area contributed by atoms with Crippen molar-refractivity contribution in [1.82, 2.24) is 10.2 Å². The van der Waals surface area contributed by atoms with Crippen LogP contribution >= 0.6 is 11.6 Å². The van der Waals surface area contributed by atoms with E-state index in [0.29, 0.717) is 6.04 Å². The van der Waals surface area contributed by atoms with Gasteiger partial charge in [0.05, 0.1) is 0 Å². The molecule has 1 aromatic carbocycles. The molecule has 0 aromatic heterocycles. The fourth-order valence-electron chi connectivity index (χ4n) is 2.56. The van der Waals surface area contributed by atoms with Crippen LogP contribution in [0.15, 0.2) is 24.3 Å². The minimum atomic E-state index is 0.711. The number of nitrogens with zero attached hydrogens (tertiary/aromatic N) is 1. The summed E-state index contributed by atoms with van der Waals surface area (Å²) < 4.78 is 0. The highest BCUT2D eigenvalue weighted by atomic mass is 35.5. The number of rotatable bonds is 5. The van der Waals surface area contributed by atoms with Gasteiger partial charge in [0.15, 0.2) is 0 Å². The lowest BCUT2D eigenvalue weighted by atomic mass is 10.2. The van der Waals surface area contributed by atoms with Crippen molar-refractivity contribution >= 4 is 11.6 Å². The summed E-state index contributed by atoms with van der Waals surface area (Å²) in [6.07, 6.45) is 2.66. The van der Waals surface area contributed by atoms with E-state index in [9.17, 15) is 0 Å². The Balaban J connectivity index is 1.78. The van der Waals surface area contributed by atoms with Crippen molar-refractivity contribution in [2.45, 2.75) is 32.4 Å². The standard InChI is InChI=1S/C14H21ClN2/c1-2-17-9-5-7-13(17)11-16-10-12-6-3-4-8-14(12)15/h3-4,6,8,13,16H,2,5,7,9-11H2,1H3. The summed E-state index contributed by atoms with van der Waals surface area (Å²) in [5, 5.41) is 4.38. The van der Waals surface area contributed by atoms with Gasteiger partial charge in [0.25, 0.3) is 0 Å². The van der Waals surface area contributed by atoms with Crippen LogP contribution in [0.3, 0.4) is 0 Å². The van der Waals surface area contributed by atoms with Crippen molar-refractivity contribution in [2.75, 3.05) is 19.6 Å². The first kappa shape index (κ1) is 12.9. The molecule has 0 radical (unpaired) electrons. The summed E-state index contributed by atoms with van der Waals surface area (Å²) in [5.41, 5.74) is 1.19. The minimum absolute atomic E-state index is 0.711. The molecular formula is C14H21ClN2. The number of likely N-dealkylation sites (N-methyl/N-ethyl adjacent to an activating group) is 1. The van der Waals surface area contributed by atoms with Gasteiger partial charge in [0.1, 0.15) is 0 Å². The van der Waals surface area contributed by atoms with Crippen LogP contribution < -0.4 is 5.32 Å². The number of benzene rings is 1. The highest BCUT2D eigenvalue weighted by molar-refractivity contribution is 6.31. The summed E-state index contributed by atoms with van der Waals surface area (Å²) in [7, 11) is 0. The Morgan fingerprint density at radius 1 is 1.41 bits per heavy atom. The molecule has 2 rings (SSSR count). The van der Waals surface area contributed by atoms with Crippen LogP contribution in [0, 0.1) is 0 Å². The average molecular weight is 253 g/mol. The molecular weight excluding hydrogens is 232 g/mol.